The van der Waals surface area contributed by atoms with E-state index in [4.69, 9.17) is 23.2 Å². The third-order valence-electron chi connectivity index (χ3n) is 2.65. The first kappa shape index (κ1) is 17.2. The number of aromatic nitrogens is 3. The van der Waals surface area contributed by atoms with Gasteiger partial charge in [-0.15, -0.1) is 0 Å². The maximum absolute atomic E-state index is 6.10. The highest BCUT2D eigenvalue weighted by Gasteiger charge is 2.05. The average Bonchev–Trinajstić information content (AvgIpc) is 2.52. The van der Waals surface area contributed by atoms with Crippen molar-refractivity contribution in [1.82, 2.24) is 15.0 Å². The lowest BCUT2D eigenvalue weighted by Gasteiger charge is -2.07. The maximum atomic E-state index is 6.10. The third-order valence-corrected chi connectivity index (χ3v) is 3.49. The number of hydrazone groups is 1. The van der Waals surface area contributed by atoms with Crippen LogP contribution in [-0.2, 0) is 0 Å². The molecule has 0 atom stereocenters. The lowest BCUT2D eigenvalue weighted by Crippen LogP contribution is -2.10. The molecule has 0 fully saturated rings. The van der Waals surface area contributed by atoms with Crippen LogP contribution in [0.5, 0.6) is 0 Å². The van der Waals surface area contributed by atoms with Gasteiger partial charge in [-0.3, -0.25) is 0 Å². The summed E-state index contributed by atoms with van der Waals surface area (Å²) in [5, 5.41) is 11.1. The lowest BCUT2D eigenvalue weighted by molar-refractivity contribution is 0.992. The Morgan fingerprint density at radius 1 is 1.00 bits per heavy atom. The first-order chi connectivity index (χ1) is 11.1. The van der Waals surface area contributed by atoms with Gasteiger partial charge in [0.25, 0.3) is 0 Å². The standard InChI is InChI=1S/C14H17Cl2N7/c1-3-17-12-20-13(18-4-2)22-14(21-12)23-19-8-9-6-5-7-10(15)11(9)16/h5-8H,3-4H2,1-2H3,(H3,17,18,20,21,22,23)/b19-8+. The Labute approximate surface area is 144 Å². The van der Waals surface area contributed by atoms with Gasteiger partial charge in [-0.2, -0.15) is 20.1 Å². The zero-order valence-electron chi connectivity index (χ0n) is 12.8. The molecule has 1 aromatic carbocycles. The molecule has 0 saturated heterocycles. The molecule has 0 aliphatic heterocycles. The van der Waals surface area contributed by atoms with E-state index in [-0.39, 0.29) is 0 Å². The van der Waals surface area contributed by atoms with Crippen LogP contribution < -0.4 is 16.1 Å². The minimum Gasteiger partial charge on any atom is -0.354 e. The quantitative estimate of drug-likeness (QED) is 0.521. The third kappa shape index (κ3) is 4.94. The zero-order valence-corrected chi connectivity index (χ0v) is 14.3. The topological polar surface area (TPSA) is 87.1 Å². The molecule has 0 amide bonds. The predicted molar refractivity (Wildman–Crippen MR) is 95.8 cm³/mol. The number of hydrogen-bond donors (Lipinski definition) is 3. The van der Waals surface area contributed by atoms with Crippen molar-refractivity contribution in [3.8, 4) is 0 Å². The number of nitrogens with zero attached hydrogens (tertiary/aromatic N) is 4. The van der Waals surface area contributed by atoms with Crippen molar-refractivity contribution in [2.24, 2.45) is 5.10 Å². The number of halogens is 2. The van der Waals surface area contributed by atoms with Crippen molar-refractivity contribution >= 4 is 47.3 Å². The molecule has 2 rings (SSSR count). The van der Waals surface area contributed by atoms with Crippen LogP contribution in [0.25, 0.3) is 0 Å². The highest BCUT2D eigenvalue weighted by Crippen LogP contribution is 2.24. The minimum atomic E-state index is 0.321. The molecule has 0 radical (unpaired) electrons. The van der Waals surface area contributed by atoms with Gasteiger partial charge in [0.05, 0.1) is 16.3 Å². The summed E-state index contributed by atoms with van der Waals surface area (Å²) in [6.07, 6.45) is 1.55. The molecule has 7 nitrogen and oxygen atoms in total. The summed E-state index contributed by atoms with van der Waals surface area (Å²) in [6.45, 7) is 5.33. The van der Waals surface area contributed by atoms with Crippen LogP contribution in [0.3, 0.4) is 0 Å². The molecular weight excluding hydrogens is 337 g/mol. The molecule has 122 valence electrons. The second-order valence-corrected chi connectivity index (χ2v) is 5.17. The smallest absolute Gasteiger partial charge is 0.250 e. The number of hydrogen-bond acceptors (Lipinski definition) is 7. The van der Waals surface area contributed by atoms with Gasteiger partial charge in [-0.25, -0.2) is 5.43 Å². The van der Waals surface area contributed by atoms with Crippen molar-refractivity contribution in [1.29, 1.82) is 0 Å². The number of anilines is 3. The van der Waals surface area contributed by atoms with E-state index < -0.39 is 0 Å². The normalized spacial score (nSPS) is 10.8. The van der Waals surface area contributed by atoms with Gasteiger partial charge in [-0.1, -0.05) is 35.3 Å². The van der Waals surface area contributed by atoms with Crippen LogP contribution in [0, 0.1) is 0 Å². The fourth-order valence-corrected chi connectivity index (χ4v) is 2.04. The van der Waals surface area contributed by atoms with Crippen LogP contribution in [0.15, 0.2) is 23.3 Å². The van der Waals surface area contributed by atoms with Crippen molar-refractivity contribution in [3.05, 3.63) is 33.8 Å². The Balaban J connectivity index is 2.15. The first-order valence-electron chi connectivity index (χ1n) is 7.11. The second kappa shape index (κ2) is 8.50. The molecule has 0 saturated carbocycles. The van der Waals surface area contributed by atoms with Crippen LogP contribution in [0.4, 0.5) is 17.8 Å². The number of nitrogens with one attached hydrogen (secondary N) is 3. The first-order valence-corrected chi connectivity index (χ1v) is 7.86. The zero-order chi connectivity index (χ0) is 16.7. The van der Waals surface area contributed by atoms with Crippen LogP contribution in [-0.4, -0.2) is 34.3 Å². The Hall–Kier alpha value is -2.12. The van der Waals surface area contributed by atoms with Gasteiger partial charge in [-0.05, 0) is 19.9 Å². The summed E-state index contributed by atoms with van der Waals surface area (Å²) in [4.78, 5) is 12.7. The van der Waals surface area contributed by atoms with Gasteiger partial charge in [0.2, 0.25) is 17.8 Å². The van der Waals surface area contributed by atoms with E-state index in [1.54, 1.807) is 24.4 Å². The van der Waals surface area contributed by atoms with E-state index in [0.717, 1.165) is 0 Å². The molecular formula is C14H17Cl2N7. The Morgan fingerprint density at radius 3 is 2.22 bits per heavy atom. The largest absolute Gasteiger partial charge is 0.354 e. The summed E-state index contributed by atoms with van der Waals surface area (Å²) in [7, 11) is 0. The van der Waals surface area contributed by atoms with Gasteiger partial charge in [0.1, 0.15) is 0 Å². The molecule has 0 spiro atoms. The Morgan fingerprint density at radius 2 is 1.61 bits per heavy atom. The van der Waals surface area contributed by atoms with Crippen LogP contribution in [0.1, 0.15) is 19.4 Å². The molecule has 1 heterocycles. The summed E-state index contributed by atoms with van der Waals surface area (Å²) in [6, 6.07) is 5.32. The van der Waals surface area contributed by atoms with Gasteiger partial charge >= 0.3 is 0 Å². The fourth-order valence-electron chi connectivity index (χ4n) is 1.68. The molecule has 9 heteroatoms. The SMILES string of the molecule is CCNc1nc(NCC)nc(N/N=C/c2cccc(Cl)c2Cl)n1. The van der Waals surface area contributed by atoms with E-state index in [2.05, 4.69) is 36.1 Å². The summed E-state index contributed by atoms with van der Waals surface area (Å²) in [5.74, 6) is 1.26. The fraction of sp³-hybridized carbons (Fsp3) is 0.286. The molecule has 0 unspecified atom stereocenters. The van der Waals surface area contributed by atoms with Gasteiger partial charge < -0.3 is 10.6 Å². The molecule has 0 aliphatic carbocycles. The van der Waals surface area contributed by atoms with Crippen molar-refractivity contribution in [2.75, 3.05) is 29.1 Å². The minimum absolute atomic E-state index is 0.321. The Kier molecular flexibility index (Phi) is 6.37. The molecule has 0 bridgehead atoms. The van der Waals surface area contributed by atoms with Crippen molar-refractivity contribution in [3.63, 3.8) is 0 Å². The maximum Gasteiger partial charge on any atom is 0.250 e. The van der Waals surface area contributed by atoms with E-state index in [0.29, 0.717) is 46.5 Å². The molecule has 23 heavy (non-hydrogen) atoms. The molecule has 2 aromatic rings. The summed E-state index contributed by atoms with van der Waals surface area (Å²) in [5.41, 5.74) is 3.46. The van der Waals surface area contributed by atoms with Gasteiger partial charge in [0.15, 0.2) is 0 Å². The van der Waals surface area contributed by atoms with Crippen molar-refractivity contribution in [2.45, 2.75) is 13.8 Å². The predicted octanol–water partition coefficient (Wildman–Crippen LogP) is 3.49. The van der Waals surface area contributed by atoms with Gasteiger partial charge in [0, 0.05) is 18.7 Å². The van der Waals surface area contributed by atoms with E-state index >= 15 is 0 Å². The van der Waals surface area contributed by atoms with E-state index in [1.165, 1.54) is 0 Å². The highest BCUT2D eigenvalue weighted by atomic mass is 35.5. The summed E-state index contributed by atoms with van der Waals surface area (Å²) < 4.78 is 0. The van der Waals surface area contributed by atoms with E-state index in [1.807, 2.05) is 13.8 Å². The monoisotopic (exact) mass is 353 g/mol. The number of rotatable bonds is 7. The summed E-state index contributed by atoms with van der Waals surface area (Å²) >= 11 is 12.1. The molecule has 1 aromatic heterocycles. The van der Waals surface area contributed by atoms with Crippen LogP contribution >= 0.6 is 23.2 Å². The van der Waals surface area contributed by atoms with Crippen molar-refractivity contribution < 1.29 is 0 Å². The van der Waals surface area contributed by atoms with Crippen LogP contribution in [0.2, 0.25) is 10.0 Å². The lowest BCUT2D eigenvalue weighted by atomic mass is 10.2. The van der Waals surface area contributed by atoms with E-state index in [9.17, 15) is 0 Å². The number of benzene rings is 1. The highest BCUT2D eigenvalue weighted by molar-refractivity contribution is 6.43. The molecule has 0 aliphatic rings. The Bertz CT molecular complexity index is 667. The molecule has 3 N–H and O–H groups in total. The second-order valence-electron chi connectivity index (χ2n) is 4.38. The average molecular weight is 354 g/mol.